The summed E-state index contributed by atoms with van der Waals surface area (Å²) < 4.78 is 14.9. The van der Waals surface area contributed by atoms with E-state index in [1.165, 1.54) is 28.6 Å². The monoisotopic (exact) mass is 467 g/mol. The fourth-order valence-corrected chi connectivity index (χ4v) is 6.40. The average Bonchev–Trinajstić information content (AvgIpc) is 3.33. The molecule has 4 aromatic rings. The van der Waals surface area contributed by atoms with E-state index in [0.717, 1.165) is 51.6 Å². The highest BCUT2D eigenvalue weighted by atomic mass is 32.1. The number of carboxylic acid groups (broad SMARTS) is 1. The molecule has 8 heteroatoms. The number of aliphatic carboxylic acids is 1. The summed E-state index contributed by atoms with van der Waals surface area (Å²) in [5.41, 5.74) is 5.52. The Morgan fingerprint density at radius 1 is 1.16 bits per heavy atom. The van der Waals surface area contributed by atoms with E-state index in [-0.39, 0.29) is 0 Å². The van der Waals surface area contributed by atoms with E-state index in [9.17, 15) is 9.90 Å². The van der Waals surface area contributed by atoms with Crippen LogP contribution in [0.1, 0.15) is 61.4 Å². The molecule has 0 aliphatic heterocycles. The van der Waals surface area contributed by atoms with Crippen molar-refractivity contribution in [1.82, 2.24) is 13.7 Å². The van der Waals surface area contributed by atoms with Crippen molar-refractivity contribution in [3.05, 3.63) is 39.9 Å². The quantitative estimate of drug-likeness (QED) is 0.390. The molecule has 1 aromatic carbocycles. The Labute approximate surface area is 194 Å². The van der Waals surface area contributed by atoms with Crippen molar-refractivity contribution >= 4 is 50.3 Å². The predicted molar refractivity (Wildman–Crippen MR) is 129 cm³/mol. The molecule has 166 valence electrons. The first-order valence-corrected chi connectivity index (χ1v) is 12.4. The van der Waals surface area contributed by atoms with Crippen molar-refractivity contribution in [3.8, 4) is 11.1 Å². The average molecular weight is 468 g/mol. The van der Waals surface area contributed by atoms with Crippen LogP contribution in [0.5, 0.6) is 0 Å². The summed E-state index contributed by atoms with van der Waals surface area (Å²) in [6.45, 7) is 7.53. The number of ether oxygens (including phenoxy) is 1. The highest BCUT2D eigenvalue weighted by Gasteiger charge is 2.34. The Balaban J connectivity index is 1.87. The zero-order valence-electron chi connectivity index (χ0n) is 18.6. The van der Waals surface area contributed by atoms with E-state index in [4.69, 9.17) is 9.72 Å². The molecule has 1 aliphatic carbocycles. The number of pyridine rings is 1. The molecule has 32 heavy (non-hydrogen) atoms. The van der Waals surface area contributed by atoms with Gasteiger partial charge in [-0.25, -0.2) is 9.78 Å². The van der Waals surface area contributed by atoms with Gasteiger partial charge in [0.1, 0.15) is 15.9 Å². The lowest BCUT2D eigenvalue weighted by Crippen LogP contribution is -2.28. The van der Waals surface area contributed by atoms with Gasteiger partial charge in [-0.2, -0.15) is 8.75 Å². The Bertz CT molecular complexity index is 1350. The lowest BCUT2D eigenvalue weighted by Gasteiger charge is -2.28. The standard InChI is InChI=1S/C24H25N3O3S2/c1-12-18(21(23(28)29)30-24(2,3)4)19(13-9-10-15-16(11-13)27-32-26-15)20-14-7-5-6-8-17(14)31-22(20)25-12/h9-11,21H,5-8H2,1-4H3,(H,28,29). The molecule has 3 aromatic heterocycles. The number of aryl methyl sites for hydroxylation is 3. The third-order valence-corrected chi connectivity index (χ3v) is 7.57. The minimum Gasteiger partial charge on any atom is -0.479 e. The molecule has 6 nitrogen and oxygen atoms in total. The number of carbonyl (C=O) groups is 1. The molecule has 0 spiro atoms. The number of thiophene rings is 1. The number of benzene rings is 1. The van der Waals surface area contributed by atoms with Gasteiger partial charge in [0.05, 0.1) is 17.3 Å². The number of nitrogens with zero attached hydrogens (tertiary/aromatic N) is 3. The summed E-state index contributed by atoms with van der Waals surface area (Å²) in [5.74, 6) is -1.01. The lowest BCUT2D eigenvalue weighted by molar-refractivity contribution is -0.160. The summed E-state index contributed by atoms with van der Waals surface area (Å²) in [4.78, 5) is 19.7. The van der Waals surface area contributed by atoms with Gasteiger partial charge in [-0.3, -0.25) is 0 Å². The van der Waals surface area contributed by atoms with E-state index in [1.54, 1.807) is 11.3 Å². The zero-order chi connectivity index (χ0) is 22.6. The van der Waals surface area contributed by atoms with E-state index in [1.807, 2.05) is 45.9 Å². The van der Waals surface area contributed by atoms with Crippen LogP contribution in [0.25, 0.3) is 32.4 Å². The van der Waals surface area contributed by atoms with Crippen molar-refractivity contribution in [2.75, 3.05) is 0 Å². The van der Waals surface area contributed by atoms with E-state index >= 15 is 0 Å². The van der Waals surface area contributed by atoms with Crippen LogP contribution in [0, 0.1) is 6.92 Å². The third kappa shape index (κ3) is 3.70. The molecule has 0 fully saturated rings. The molecule has 0 radical (unpaired) electrons. The number of carboxylic acids is 1. The van der Waals surface area contributed by atoms with E-state index < -0.39 is 17.7 Å². The van der Waals surface area contributed by atoms with E-state index in [0.29, 0.717) is 11.3 Å². The number of aromatic nitrogens is 3. The van der Waals surface area contributed by atoms with Crippen LogP contribution in [0.2, 0.25) is 0 Å². The second kappa shape index (κ2) is 7.86. The van der Waals surface area contributed by atoms with Crippen LogP contribution in [0.4, 0.5) is 0 Å². The summed E-state index contributed by atoms with van der Waals surface area (Å²) >= 11 is 2.93. The molecule has 3 heterocycles. The molecular formula is C24H25N3O3S2. The van der Waals surface area contributed by atoms with Gasteiger partial charge in [0.25, 0.3) is 0 Å². The van der Waals surface area contributed by atoms with Crippen molar-refractivity contribution in [2.45, 2.75) is 65.1 Å². The van der Waals surface area contributed by atoms with Gasteiger partial charge in [-0.15, -0.1) is 11.3 Å². The van der Waals surface area contributed by atoms with Crippen LogP contribution in [-0.4, -0.2) is 30.4 Å². The largest absolute Gasteiger partial charge is 0.479 e. The second-order valence-electron chi connectivity index (χ2n) is 9.29. The van der Waals surface area contributed by atoms with Crippen molar-refractivity contribution < 1.29 is 14.6 Å². The second-order valence-corrected chi connectivity index (χ2v) is 10.9. The molecule has 1 aliphatic rings. The lowest BCUT2D eigenvalue weighted by atomic mass is 9.88. The molecule has 1 atom stereocenters. The number of hydrogen-bond acceptors (Lipinski definition) is 7. The molecule has 1 N–H and O–H groups in total. The van der Waals surface area contributed by atoms with Gasteiger partial charge < -0.3 is 9.84 Å². The third-order valence-electron chi connectivity index (χ3n) is 5.83. The maximum absolute atomic E-state index is 12.5. The Kier molecular flexibility index (Phi) is 5.27. The molecular weight excluding hydrogens is 442 g/mol. The highest BCUT2D eigenvalue weighted by molar-refractivity contribution is 7.19. The van der Waals surface area contributed by atoms with Crippen LogP contribution < -0.4 is 0 Å². The molecule has 1 unspecified atom stereocenters. The zero-order valence-corrected chi connectivity index (χ0v) is 20.2. The number of rotatable bonds is 4. The first kappa shape index (κ1) is 21.4. The van der Waals surface area contributed by atoms with Gasteiger partial charge >= 0.3 is 5.97 Å². The van der Waals surface area contributed by atoms with Crippen LogP contribution in [-0.2, 0) is 22.4 Å². The van der Waals surface area contributed by atoms with Gasteiger partial charge in [0.15, 0.2) is 6.10 Å². The van der Waals surface area contributed by atoms with Crippen LogP contribution >= 0.6 is 23.1 Å². The predicted octanol–water partition coefficient (Wildman–Crippen LogP) is 6.10. The summed E-state index contributed by atoms with van der Waals surface area (Å²) in [6.07, 6.45) is 3.25. The Morgan fingerprint density at radius 2 is 1.91 bits per heavy atom. The number of fused-ring (bicyclic) bond motifs is 4. The Morgan fingerprint density at radius 3 is 2.66 bits per heavy atom. The molecule has 0 saturated carbocycles. The summed E-state index contributed by atoms with van der Waals surface area (Å²) in [7, 11) is 0. The highest BCUT2D eigenvalue weighted by Crippen LogP contribution is 2.46. The minimum absolute atomic E-state index is 0.626. The minimum atomic E-state index is -1.12. The first-order chi connectivity index (χ1) is 15.2. The smallest absolute Gasteiger partial charge is 0.337 e. The normalized spacial score (nSPS) is 15.2. The van der Waals surface area contributed by atoms with Gasteiger partial charge in [0.2, 0.25) is 0 Å². The number of hydrogen-bond donors (Lipinski definition) is 1. The van der Waals surface area contributed by atoms with Crippen LogP contribution in [0.3, 0.4) is 0 Å². The van der Waals surface area contributed by atoms with Gasteiger partial charge in [0, 0.05) is 27.1 Å². The van der Waals surface area contributed by atoms with Crippen molar-refractivity contribution in [1.29, 1.82) is 0 Å². The molecule has 0 amide bonds. The maximum Gasteiger partial charge on any atom is 0.337 e. The first-order valence-electron chi connectivity index (χ1n) is 10.8. The van der Waals surface area contributed by atoms with Crippen LogP contribution in [0.15, 0.2) is 18.2 Å². The van der Waals surface area contributed by atoms with Gasteiger partial charge in [-0.1, -0.05) is 6.07 Å². The van der Waals surface area contributed by atoms with Crippen molar-refractivity contribution in [2.24, 2.45) is 0 Å². The molecule has 5 rings (SSSR count). The molecule has 0 saturated heterocycles. The van der Waals surface area contributed by atoms with Gasteiger partial charge in [-0.05, 0) is 76.6 Å². The summed E-state index contributed by atoms with van der Waals surface area (Å²) in [6, 6.07) is 5.99. The van der Waals surface area contributed by atoms with Crippen molar-refractivity contribution in [3.63, 3.8) is 0 Å². The topological polar surface area (TPSA) is 85.2 Å². The summed E-state index contributed by atoms with van der Waals surface area (Å²) in [5, 5.41) is 11.3. The maximum atomic E-state index is 12.5. The SMILES string of the molecule is Cc1nc2sc3c(c2c(-c2ccc4nsnc4c2)c1C(OC(C)(C)C)C(=O)O)CCCC3. The fraction of sp³-hybridized carbons (Fsp3) is 0.417. The Hall–Kier alpha value is -2.42. The fourth-order valence-electron chi connectivity index (χ4n) is 4.56. The van der Waals surface area contributed by atoms with E-state index in [2.05, 4.69) is 8.75 Å². The molecule has 0 bridgehead atoms.